The number of methoxy groups -OCH3 is 1. The van der Waals surface area contributed by atoms with E-state index in [2.05, 4.69) is 24.8 Å². The summed E-state index contributed by atoms with van der Waals surface area (Å²) in [5, 5.41) is 1.06. The molecule has 7 nitrogen and oxygen atoms in total. The Labute approximate surface area is 133 Å². The van der Waals surface area contributed by atoms with Crippen molar-refractivity contribution in [1.29, 1.82) is 0 Å². The fourth-order valence-electron chi connectivity index (χ4n) is 2.89. The molecule has 0 aliphatic carbocycles. The molecule has 3 aromatic rings. The first kappa shape index (κ1) is 13.8. The molecule has 0 N–H and O–H groups in total. The van der Waals surface area contributed by atoms with Crippen molar-refractivity contribution >= 4 is 22.6 Å². The van der Waals surface area contributed by atoms with E-state index in [0.29, 0.717) is 5.88 Å². The predicted octanol–water partition coefficient (Wildman–Crippen LogP) is 1.95. The number of rotatable bonds is 3. The van der Waals surface area contributed by atoms with Gasteiger partial charge in [0.1, 0.15) is 23.5 Å². The summed E-state index contributed by atoms with van der Waals surface area (Å²) >= 11 is 0. The number of fused-ring (bicyclic) bond motifs is 1. The molecule has 0 amide bonds. The maximum Gasteiger partial charge on any atom is 0.218 e. The van der Waals surface area contributed by atoms with Gasteiger partial charge in [0.2, 0.25) is 5.88 Å². The van der Waals surface area contributed by atoms with E-state index in [1.165, 1.54) is 6.33 Å². The smallest absolute Gasteiger partial charge is 0.218 e. The van der Waals surface area contributed by atoms with Crippen LogP contribution in [0.4, 0.5) is 11.6 Å². The zero-order valence-electron chi connectivity index (χ0n) is 12.8. The number of ether oxygens (including phenoxy) is 1. The van der Waals surface area contributed by atoms with Gasteiger partial charge < -0.3 is 19.0 Å². The third-order valence-electron chi connectivity index (χ3n) is 4.10. The van der Waals surface area contributed by atoms with Crippen LogP contribution in [-0.4, -0.2) is 48.2 Å². The van der Waals surface area contributed by atoms with Crippen LogP contribution in [0, 0.1) is 0 Å². The fourth-order valence-corrected chi connectivity index (χ4v) is 2.89. The molecule has 0 saturated carbocycles. The maximum atomic E-state index is 5.46. The number of aromatic nitrogens is 3. The van der Waals surface area contributed by atoms with E-state index >= 15 is 0 Å². The van der Waals surface area contributed by atoms with Crippen LogP contribution in [0.15, 0.2) is 41.4 Å². The lowest BCUT2D eigenvalue weighted by molar-refractivity contribution is 0.396. The van der Waals surface area contributed by atoms with Crippen molar-refractivity contribution < 1.29 is 9.15 Å². The van der Waals surface area contributed by atoms with Crippen molar-refractivity contribution in [3.8, 4) is 5.88 Å². The quantitative estimate of drug-likeness (QED) is 0.732. The number of hydrogen-bond donors (Lipinski definition) is 0. The van der Waals surface area contributed by atoms with Crippen molar-refractivity contribution in [2.24, 2.45) is 0 Å². The molecule has 0 atom stereocenters. The van der Waals surface area contributed by atoms with Gasteiger partial charge in [-0.05, 0) is 12.1 Å². The third kappa shape index (κ3) is 2.54. The van der Waals surface area contributed by atoms with Crippen LogP contribution < -0.4 is 14.5 Å². The average molecular weight is 311 g/mol. The summed E-state index contributed by atoms with van der Waals surface area (Å²) in [4.78, 5) is 17.4. The third-order valence-corrected chi connectivity index (χ3v) is 4.10. The zero-order chi connectivity index (χ0) is 15.6. The second kappa shape index (κ2) is 5.75. The summed E-state index contributed by atoms with van der Waals surface area (Å²) in [6.07, 6.45) is 5.04. The van der Waals surface area contributed by atoms with Crippen molar-refractivity contribution in [3.05, 3.63) is 37.0 Å². The number of furan rings is 1. The van der Waals surface area contributed by atoms with Crippen molar-refractivity contribution in [1.82, 2.24) is 15.0 Å². The second-order valence-corrected chi connectivity index (χ2v) is 5.36. The molecular formula is C16H17N5O2. The SMILES string of the molecule is COc1cc(N2CCN(c3nccc4occc34)CC2)ncn1. The van der Waals surface area contributed by atoms with Crippen LogP contribution in [-0.2, 0) is 0 Å². The van der Waals surface area contributed by atoms with E-state index in [9.17, 15) is 0 Å². The molecule has 0 unspecified atom stereocenters. The van der Waals surface area contributed by atoms with E-state index < -0.39 is 0 Å². The summed E-state index contributed by atoms with van der Waals surface area (Å²) < 4.78 is 10.6. The van der Waals surface area contributed by atoms with E-state index in [4.69, 9.17) is 9.15 Å². The summed E-state index contributed by atoms with van der Waals surface area (Å²) in [6, 6.07) is 5.73. The van der Waals surface area contributed by atoms with Gasteiger partial charge in [-0.2, -0.15) is 0 Å². The predicted molar refractivity (Wildman–Crippen MR) is 87.0 cm³/mol. The highest BCUT2D eigenvalue weighted by Crippen LogP contribution is 2.26. The summed E-state index contributed by atoms with van der Waals surface area (Å²) in [5.74, 6) is 2.46. The summed E-state index contributed by atoms with van der Waals surface area (Å²) in [6.45, 7) is 3.50. The monoisotopic (exact) mass is 311 g/mol. The van der Waals surface area contributed by atoms with Crippen molar-refractivity contribution in [2.45, 2.75) is 0 Å². The van der Waals surface area contributed by atoms with E-state index in [0.717, 1.165) is 48.8 Å². The van der Waals surface area contributed by atoms with Crippen LogP contribution >= 0.6 is 0 Å². The molecule has 0 radical (unpaired) electrons. The number of nitrogens with zero attached hydrogens (tertiary/aromatic N) is 5. The van der Waals surface area contributed by atoms with Gasteiger partial charge >= 0.3 is 0 Å². The van der Waals surface area contributed by atoms with Gasteiger partial charge in [0.05, 0.1) is 18.8 Å². The Kier molecular flexibility index (Phi) is 3.45. The van der Waals surface area contributed by atoms with Crippen molar-refractivity contribution in [2.75, 3.05) is 43.1 Å². The molecule has 0 spiro atoms. The molecule has 7 heteroatoms. The van der Waals surface area contributed by atoms with Crippen LogP contribution in [0.5, 0.6) is 5.88 Å². The lowest BCUT2D eigenvalue weighted by Crippen LogP contribution is -2.47. The molecule has 1 saturated heterocycles. The number of hydrogen-bond acceptors (Lipinski definition) is 7. The highest BCUT2D eigenvalue weighted by Gasteiger charge is 2.21. The Morgan fingerprint density at radius 2 is 1.87 bits per heavy atom. The molecule has 0 aromatic carbocycles. The Bertz CT molecular complexity index is 811. The Morgan fingerprint density at radius 3 is 2.70 bits per heavy atom. The highest BCUT2D eigenvalue weighted by atomic mass is 16.5. The van der Waals surface area contributed by atoms with E-state index in [1.807, 2.05) is 18.2 Å². The number of pyridine rings is 1. The van der Waals surface area contributed by atoms with Crippen LogP contribution in [0.1, 0.15) is 0 Å². The van der Waals surface area contributed by atoms with Crippen LogP contribution in [0.25, 0.3) is 11.0 Å². The molecule has 3 aromatic heterocycles. The van der Waals surface area contributed by atoms with E-state index in [1.54, 1.807) is 19.6 Å². The standard InChI is InChI=1S/C16H17N5O2/c1-22-15-10-14(18-11-19-15)20-5-7-21(8-6-20)16-12-3-9-23-13(12)2-4-17-16/h2-4,9-11H,5-8H2,1H3. The van der Waals surface area contributed by atoms with Gasteiger partial charge in [0.15, 0.2) is 0 Å². The first-order valence-corrected chi connectivity index (χ1v) is 7.53. The van der Waals surface area contributed by atoms with Gasteiger partial charge in [0.25, 0.3) is 0 Å². The fraction of sp³-hybridized carbons (Fsp3) is 0.312. The lowest BCUT2D eigenvalue weighted by Gasteiger charge is -2.36. The summed E-state index contributed by atoms with van der Waals surface area (Å²) in [7, 11) is 1.61. The van der Waals surface area contributed by atoms with Crippen molar-refractivity contribution in [3.63, 3.8) is 0 Å². The van der Waals surface area contributed by atoms with Gasteiger partial charge in [-0.1, -0.05) is 0 Å². The molecule has 4 rings (SSSR count). The molecule has 23 heavy (non-hydrogen) atoms. The number of anilines is 2. The number of piperazine rings is 1. The maximum absolute atomic E-state index is 5.46. The zero-order valence-corrected chi connectivity index (χ0v) is 12.8. The largest absolute Gasteiger partial charge is 0.481 e. The van der Waals surface area contributed by atoms with Crippen LogP contribution in [0.2, 0.25) is 0 Å². The second-order valence-electron chi connectivity index (χ2n) is 5.36. The molecule has 1 aliphatic heterocycles. The Morgan fingerprint density at radius 1 is 1.04 bits per heavy atom. The molecule has 1 fully saturated rings. The van der Waals surface area contributed by atoms with Gasteiger partial charge in [-0.25, -0.2) is 15.0 Å². The minimum atomic E-state index is 0.585. The first-order chi connectivity index (χ1) is 11.3. The van der Waals surface area contributed by atoms with Gasteiger partial charge in [-0.3, -0.25) is 0 Å². The topological polar surface area (TPSA) is 67.5 Å². The van der Waals surface area contributed by atoms with E-state index in [-0.39, 0.29) is 0 Å². The molecular weight excluding hydrogens is 294 g/mol. The average Bonchev–Trinajstić information content (AvgIpc) is 3.11. The minimum Gasteiger partial charge on any atom is -0.481 e. The van der Waals surface area contributed by atoms with Crippen LogP contribution in [0.3, 0.4) is 0 Å². The molecule has 4 heterocycles. The lowest BCUT2D eigenvalue weighted by atomic mass is 10.2. The molecule has 0 bridgehead atoms. The highest BCUT2D eigenvalue weighted by molar-refractivity contribution is 5.88. The van der Waals surface area contributed by atoms with Gasteiger partial charge in [0, 0.05) is 38.4 Å². The summed E-state index contributed by atoms with van der Waals surface area (Å²) in [5.41, 5.74) is 0.873. The normalized spacial score (nSPS) is 15.2. The first-order valence-electron chi connectivity index (χ1n) is 7.53. The minimum absolute atomic E-state index is 0.585. The molecule has 1 aliphatic rings. The Balaban J connectivity index is 1.51. The molecule has 118 valence electrons. The Hall–Kier alpha value is -2.83. The van der Waals surface area contributed by atoms with Gasteiger partial charge in [-0.15, -0.1) is 0 Å².